The smallest absolute Gasteiger partial charge is 0.389 e. The maximum Gasteiger partial charge on any atom is 0.389 e. The molecule has 0 aliphatic carbocycles. The molecule has 1 N–H and O–H groups in total. The highest BCUT2D eigenvalue weighted by Gasteiger charge is 2.25. The summed E-state index contributed by atoms with van der Waals surface area (Å²) in [4.78, 5) is 0. The van der Waals surface area contributed by atoms with Gasteiger partial charge in [0.1, 0.15) is 5.75 Å². The van der Waals surface area contributed by atoms with Crippen molar-refractivity contribution >= 4 is 0 Å². The molecule has 0 bridgehead atoms. The number of nitrogens with one attached hydrogen (secondary N) is 1. The van der Waals surface area contributed by atoms with Crippen LogP contribution in [-0.2, 0) is 0 Å². The summed E-state index contributed by atoms with van der Waals surface area (Å²) >= 11 is 0. The summed E-state index contributed by atoms with van der Waals surface area (Å²) in [6.45, 7) is 2.56. The van der Waals surface area contributed by atoms with E-state index in [4.69, 9.17) is 4.74 Å². The van der Waals surface area contributed by atoms with E-state index in [1.165, 1.54) is 0 Å². The molecule has 0 heterocycles. The van der Waals surface area contributed by atoms with Crippen molar-refractivity contribution in [1.29, 1.82) is 0 Å². The fourth-order valence-corrected chi connectivity index (χ4v) is 1.80. The second-order valence-corrected chi connectivity index (χ2v) is 4.52. The predicted molar refractivity (Wildman–Crippen MR) is 69.3 cm³/mol. The summed E-state index contributed by atoms with van der Waals surface area (Å²) in [6, 6.07) is 7.75. The zero-order valence-corrected chi connectivity index (χ0v) is 11.3. The van der Waals surface area contributed by atoms with E-state index in [-0.39, 0.29) is 12.5 Å². The third-order valence-corrected chi connectivity index (χ3v) is 2.93. The van der Waals surface area contributed by atoms with Crippen LogP contribution in [0.5, 0.6) is 5.75 Å². The molecule has 2 nitrogen and oxygen atoms in total. The Morgan fingerprint density at radius 2 is 2.00 bits per heavy atom. The van der Waals surface area contributed by atoms with Crippen LogP contribution in [0.2, 0.25) is 0 Å². The highest BCUT2D eigenvalue weighted by molar-refractivity contribution is 5.30. The molecule has 0 fully saturated rings. The first-order valence-electron chi connectivity index (χ1n) is 6.36. The second kappa shape index (κ2) is 7.38. The summed E-state index contributed by atoms with van der Waals surface area (Å²) in [7, 11) is 1.61. The van der Waals surface area contributed by atoms with Crippen LogP contribution in [0, 0.1) is 0 Å². The third kappa shape index (κ3) is 6.47. The van der Waals surface area contributed by atoms with Crippen molar-refractivity contribution in [3.8, 4) is 5.75 Å². The molecule has 0 radical (unpaired) electrons. The predicted octanol–water partition coefficient (Wildman–Crippen LogP) is 4.08. The first-order chi connectivity index (χ1) is 8.92. The number of halogens is 3. The van der Waals surface area contributed by atoms with Gasteiger partial charge in [0.05, 0.1) is 7.11 Å². The Labute approximate surface area is 112 Å². The lowest BCUT2D eigenvalue weighted by Crippen LogP contribution is -2.20. The van der Waals surface area contributed by atoms with Crippen molar-refractivity contribution in [2.45, 2.75) is 38.4 Å². The summed E-state index contributed by atoms with van der Waals surface area (Å²) in [6.07, 6.45) is -4.06. The molecule has 0 aromatic heterocycles. The van der Waals surface area contributed by atoms with Crippen molar-refractivity contribution in [2.75, 3.05) is 13.7 Å². The SMILES string of the molecule is COc1cccc(C(C)NCCCCC(F)(F)F)c1. The monoisotopic (exact) mass is 275 g/mol. The lowest BCUT2D eigenvalue weighted by Gasteiger charge is -2.15. The fraction of sp³-hybridized carbons (Fsp3) is 0.571. The van der Waals surface area contributed by atoms with Gasteiger partial charge in [0, 0.05) is 12.5 Å². The third-order valence-electron chi connectivity index (χ3n) is 2.93. The molecular formula is C14H20F3NO. The lowest BCUT2D eigenvalue weighted by atomic mass is 10.1. The van der Waals surface area contributed by atoms with Crippen molar-refractivity contribution in [3.63, 3.8) is 0 Å². The molecule has 1 atom stereocenters. The molecule has 1 rings (SSSR count). The van der Waals surface area contributed by atoms with E-state index in [0.29, 0.717) is 13.0 Å². The van der Waals surface area contributed by atoms with Gasteiger partial charge >= 0.3 is 6.18 Å². The summed E-state index contributed by atoms with van der Waals surface area (Å²) < 4.78 is 41.0. The van der Waals surface area contributed by atoms with E-state index >= 15 is 0 Å². The Balaban J connectivity index is 2.29. The van der Waals surface area contributed by atoms with Crippen LogP contribution in [-0.4, -0.2) is 19.8 Å². The van der Waals surface area contributed by atoms with Gasteiger partial charge in [-0.15, -0.1) is 0 Å². The van der Waals surface area contributed by atoms with Crippen molar-refractivity contribution in [1.82, 2.24) is 5.32 Å². The maximum atomic E-state index is 12.0. The zero-order valence-electron chi connectivity index (χ0n) is 11.3. The highest BCUT2D eigenvalue weighted by atomic mass is 19.4. The lowest BCUT2D eigenvalue weighted by molar-refractivity contribution is -0.135. The van der Waals surface area contributed by atoms with Gasteiger partial charge in [-0.2, -0.15) is 13.2 Å². The Morgan fingerprint density at radius 1 is 1.26 bits per heavy atom. The summed E-state index contributed by atoms with van der Waals surface area (Å²) in [5, 5.41) is 3.21. The van der Waals surface area contributed by atoms with E-state index in [9.17, 15) is 13.2 Å². The van der Waals surface area contributed by atoms with Crippen LogP contribution in [0.3, 0.4) is 0 Å². The normalized spacial score (nSPS) is 13.3. The van der Waals surface area contributed by atoms with E-state index < -0.39 is 12.6 Å². The molecular weight excluding hydrogens is 255 g/mol. The number of methoxy groups -OCH3 is 1. The van der Waals surface area contributed by atoms with E-state index in [0.717, 1.165) is 11.3 Å². The van der Waals surface area contributed by atoms with Gasteiger partial charge in [-0.1, -0.05) is 12.1 Å². The number of hydrogen-bond donors (Lipinski definition) is 1. The number of unbranched alkanes of at least 4 members (excludes halogenated alkanes) is 1. The van der Waals surface area contributed by atoms with Gasteiger partial charge in [-0.3, -0.25) is 0 Å². The molecule has 0 aliphatic rings. The van der Waals surface area contributed by atoms with Gasteiger partial charge in [-0.25, -0.2) is 0 Å². The summed E-state index contributed by atoms with van der Waals surface area (Å²) in [5.74, 6) is 0.781. The Hall–Kier alpha value is -1.23. The highest BCUT2D eigenvalue weighted by Crippen LogP contribution is 2.22. The molecule has 0 aliphatic heterocycles. The van der Waals surface area contributed by atoms with Gasteiger partial charge < -0.3 is 10.1 Å². The van der Waals surface area contributed by atoms with Gasteiger partial charge in [0.15, 0.2) is 0 Å². The minimum atomic E-state index is -4.04. The molecule has 0 saturated heterocycles. The summed E-state index contributed by atoms with van der Waals surface area (Å²) in [5.41, 5.74) is 1.06. The van der Waals surface area contributed by atoms with Crippen LogP contribution in [0.1, 0.15) is 37.8 Å². The van der Waals surface area contributed by atoms with Gasteiger partial charge in [0.2, 0.25) is 0 Å². The standard InChI is InChI=1S/C14H20F3NO/c1-11(12-6-5-7-13(10-12)19-2)18-9-4-3-8-14(15,16)17/h5-7,10-11,18H,3-4,8-9H2,1-2H3. The maximum absolute atomic E-state index is 12.0. The minimum absolute atomic E-state index is 0.0981. The molecule has 5 heteroatoms. The molecule has 108 valence electrons. The average molecular weight is 275 g/mol. The van der Waals surface area contributed by atoms with E-state index in [1.807, 2.05) is 31.2 Å². The van der Waals surface area contributed by atoms with Gasteiger partial charge in [-0.05, 0) is 44.0 Å². The van der Waals surface area contributed by atoms with Gasteiger partial charge in [0.25, 0.3) is 0 Å². The van der Waals surface area contributed by atoms with Crippen LogP contribution in [0.4, 0.5) is 13.2 Å². The van der Waals surface area contributed by atoms with Crippen LogP contribution in [0.15, 0.2) is 24.3 Å². The molecule has 1 aromatic rings. The Bertz CT molecular complexity index is 379. The second-order valence-electron chi connectivity index (χ2n) is 4.52. The number of benzene rings is 1. The van der Waals surface area contributed by atoms with Crippen LogP contribution >= 0.6 is 0 Å². The Kier molecular flexibility index (Phi) is 6.15. The van der Waals surface area contributed by atoms with E-state index in [1.54, 1.807) is 7.11 Å². The topological polar surface area (TPSA) is 21.3 Å². The van der Waals surface area contributed by atoms with E-state index in [2.05, 4.69) is 5.32 Å². The number of ether oxygens (including phenoxy) is 1. The number of rotatable bonds is 7. The molecule has 0 spiro atoms. The largest absolute Gasteiger partial charge is 0.497 e. The number of alkyl halides is 3. The quantitative estimate of drug-likeness (QED) is 0.757. The zero-order chi connectivity index (χ0) is 14.3. The molecule has 0 amide bonds. The minimum Gasteiger partial charge on any atom is -0.497 e. The Morgan fingerprint density at radius 3 is 2.63 bits per heavy atom. The first-order valence-corrected chi connectivity index (χ1v) is 6.36. The van der Waals surface area contributed by atoms with Crippen molar-refractivity contribution in [3.05, 3.63) is 29.8 Å². The van der Waals surface area contributed by atoms with Crippen molar-refractivity contribution in [2.24, 2.45) is 0 Å². The fourth-order valence-electron chi connectivity index (χ4n) is 1.80. The first kappa shape index (κ1) is 15.8. The molecule has 1 unspecified atom stereocenters. The van der Waals surface area contributed by atoms with Crippen LogP contribution in [0.25, 0.3) is 0 Å². The molecule has 0 saturated carbocycles. The molecule has 1 aromatic carbocycles. The average Bonchev–Trinajstić information content (AvgIpc) is 2.37. The van der Waals surface area contributed by atoms with Crippen LogP contribution < -0.4 is 10.1 Å². The number of hydrogen-bond acceptors (Lipinski definition) is 2. The van der Waals surface area contributed by atoms with Crippen molar-refractivity contribution < 1.29 is 17.9 Å². The molecule has 19 heavy (non-hydrogen) atoms.